The van der Waals surface area contributed by atoms with Gasteiger partial charge < -0.3 is 16.0 Å². The molecule has 2 amide bonds. The van der Waals surface area contributed by atoms with Gasteiger partial charge in [-0.15, -0.1) is 11.3 Å². The third kappa shape index (κ3) is 5.81. The van der Waals surface area contributed by atoms with Crippen LogP contribution in [-0.2, 0) is 11.3 Å². The Hall–Kier alpha value is -4.04. The highest BCUT2D eigenvalue weighted by molar-refractivity contribution is 7.13. The molecule has 33 heavy (non-hydrogen) atoms. The van der Waals surface area contributed by atoms with Crippen LogP contribution in [-0.4, -0.2) is 33.2 Å². The van der Waals surface area contributed by atoms with Gasteiger partial charge in [-0.1, -0.05) is 42.0 Å². The van der Waals surface area contributed by atoms with Crippen LogP contribution in [0.25, 0.3) is 11.3 Å². The maximum atomic E-state index is 13.1. The number of anilines is 2. The molecule has 0 aliphatic rings. The average molecular weight is 458 g/mol. The molecule has 0 bridgehead atoms. The van der Waals surface area contributed by atoms with Crippen molar-refractivity contribution in [2.75, 3.05) is 17.6 Å². The second-order valence-corrected chi connectivity index (χ2v) is 8.47. The first-order valence-corrected chi connectivity index (χ1v) is 11.2. The first kappa shape index (κ1) is 22.2. The number of nitrogens with two attached hydrogens (primary N) is 1. The Kier molecular flexibility index (Phi) is 6.75. The number of aryl methyl sites for hydroxylation is 1. The summed E-state index contributed by atoms with van der Waals surface area (Å²) in [6.45, 7) is 2.24. The van der Waals surface area contributed by atoms with Gasteiger partial charge in [-0.05, 0) is 36.8 Å². The zero-order chi connectivity index (χ0) is 23.2. The summed E-state index contributed by atoms with van der Waals surface area (Å²) >= 11 is 1.38. The van der Waals surface area contributed by atoms with E-state index in [0.29, 0.717) is 22.9 Å². The molecule has 0 fully saturated rings. The fraction of sp³-hybridized carbons (Fsp3) is 0.120. The molecule has 0 saturated carbocycles. The molecule has 8 heteroatoms. The van der Waals surface area contributed by atoms with Gasteiger partial charge >= 0.3 is 0 Å². The SMILES string of the molecule is Cc1ccc(CN(CC(=O)Nc2ccc(-c3csc(N)n3)cc2)C(=O)c2ccncc2)cc1. The number of carbonyl (C=O) groups is 2. The van der Waals surface area contributed by atoms with Crippen molar-refractivity contribution in [1.82, 2.24) is 14.9 Å². The number of pyridine rings is 1. The Morgan fingerprint density at radius 2 is 1.70 bits per heavy atom. The number of hydrogen-bond donors (Lipinski definition) is 2. The van der Waals surface area contributed by atoms with Crippen molar-refractivity contribution in [1.29, 1.82) is 0 Å². The van der Waals surface area contributed by atoms with E-state index in [-0.39, 0.29) is 18.4 Å². The van der Waals surface area contributed by atoms with Gasteiger partial charge in [0, 0.05) is 41.1 Å². The number of benzene rings is 2. The van der Waals surface area contributed by atoms with Crippen LogP contribution in [0.1, 0.15) is 21.5 Å². The van der Waals surface area contributed by atoms with E-state index in [9.17, 15) is 9.59 Å². The van der Waals surface area contributed by atoms with E-state index in [1.165, 1.54) is 16.2 Å². The van der Waals surface area contributed by atoms with Crippen molar-refractivity contribution in [3.8, 4) is 11.3 Å². The molecule has 166 valence electrons. The van der Waals surface area contributed by atoms with Crippen LogP contribution in [0.3, 0.4) is 0 Å². The number of nitrogens with one attached hydrogen (secondary N) is 1. The molecular formula is C25H23N5O2S. The zero-order valence-corrected chi connectivity index (χ0v) is 18.9. The van der Waals surface area contributed by atoms with Crippen LogP contribution in [0.4, 0.5) is 10.8 Å². The lowest BCUT2D eigenvalue weighted by molar-refractivity contribution is -0.117. The molecule has 0 unspecified atom stereocenters. The summed E-state index contributed by atoms with van der Waals surface area (Å²) in [5.41, 5.74) is 10.6. The second kappa shape index (κ2) is 10.1. The molecule has 3 N–H and O–H groups in total. The average Bonchev–Trinajstić information content (AvgIpc) is 3.27. The first-order chi connectivity index (χ1) is 16.0. The molecule has 2 aromatic heterocycles. The molecule has 4 aromatic rings. The monoisotopic (exact) mass is 457 g/mol. The molecule has 2 aromatic carbocycles. The van der Waals surface area contributed by atoms with Crippen LogP contribution >= 0.6 is 11.3 Å². The highest BCUT2D eigenvalue weighted by atomic mass is 32.1. The molecule has 0 aliphatic heterocycles. The van der Waals surface area contributed by atoms with Crippen molar-refractivity contribution in [3.05, 3.63) is 95.1 Å². The Morgan fingerprint density at radius 3 is 2.33 bits per heavy atom. The largest absolute Gasteiger partial charge is 0.375 e. The smallest absolute Gasteiger partial charge is 0.254 e. The highest BCUT2D eigenvalue weighted by Crippen LogP contribution is 2.24. The minimum atomic E-state index is -0.282. The molecule has 2 heterocycles. The van der Waals surface area contributed by atoms with Gasteiger partial charge in [0.25, 0.3) is 5.91 Å². The Labute approximate surface area is 195 Å². The zero-order valence-electron chi connectivity index (χ0n) is 18.1. The van der Waals surface area contributed by atoms with Crippen LogP contribution in [0.2, 0.25) is 0 Å². The summed E-state index contributed by atoms with van der Waals surface area (Å²) in [5.74, 6) is -0.514. The molecule has 0 saturated heterocycles. The van der Waals surface area contributed by atoms with Gasteiger partial charge in [0.05, 0.1) is 5.69 Å². The van der Waals surface area contributed by atoms with Crippen LogP contribution < -0.4 is 11.1 Å². The van der Waals surface area contributed by atoms with Gasteiger partial charge in [-0.2, -0.15) is 0 Å². The molecular weight excluding hydrogens is 434 g/mol. The van der Waals surface area contributed by atoms with Gasteiger partial charge in [-0.25, -0.2) is 4.98 Å². The number of nitrogen functional groups attached to an aromatic ring is 1. The standard InChI is InChI=1S/C25H23N5O2S/c1-17-2-4-18(5-3-17)14-30(24(32)20-10-12-27-13-11-20)15-23(31)28-21-8-6-19(7-9-21)22-16-33-25(26)29-22/h2-13,16H,14-15H2,1H3,(H2,26,29)(H,28,31). The molecule has 0 spiro atoms. The van der Waals surface area contributed by atoms with Gasteiger partial charge in [0.2, 0.25) is 5.91 Å². The summed E-state index contributed by atoms with van der Waals surface area (Å²) in [6, 6.07) is 18.5. The molecule has 0 aliphatic carbocycles. The van der Waals surface area contributed by atoms with E-state index in [1.54, 1.807) is 36.7 Å². The quantitative estimate of drug-likeness (QED) is 0.429. The van der Waals surface area contributed by atoms with E-state index in [0.717, 1.165) is 22.4 Å². The van der Waals surface area contributed by atoms with Crippen LogP contribution in [0.15, 0.2) is 78.4 Å². The van der Waals surface area contributed by atoms with E-state index >= 15 is 0 Å². The number of hydrogen-bond acceptors (Lipinski definition) is 6. The van der Waals surface area contributed by atoms with E-state index in [1.807, 2.05) is 48.7 Å². The maximum absolute atomic E-state index is 13.1. The summed E-state index contributed by atoms with van der Waals surface area (Å²) < 4.78 is 0. The lowest BCUT2D eigenvalue weighted by Gasteiger charge is -2.22. The highest BCUT2D eigenvalue weighted by Gasteiger charge is 2.19. The number of amides is 2. The van der Waals surface area contributed by atoms with Crippen LogP contribution in [0.5, 0.6) is 0 Å². The molecule has 4 rings (SSSR count). The fourth-order valence-electron chi connectivity index (χ4n) is 3.31. The summed E-state index contributed by atoms with van der Waals surface area (Å²) in [4.78, 5) is 35.7. The minimum Gasteiger partial charge on any atom is -0.375 e. The van der Waals surface area contributed by atoms with Crippen molar-refractivity contribution in [3.63, 3.8) is 0 Å². The van der Waals surface area contributed by atoms with Crippen molar-refractivity contribution >= 4 is 34.0 Å². The van der Waals surface area contributed by atoms with E-state index in [4.69, 9.17) is 5.73 Å². The lowest BCUT2D eigenvalue weighted by atomic mass is 10.1. The molecule has 0 atom stereocenters. The Balaban J connectivity index is 1.47. The molecule has 7 nitrogen and oxygen atoms in total. The third-order valence-electron chi connectivity index (χ3n) is 5.03. The van der Waals surface area contributed by atoms with Gasteiger partial charge in [0.15, 0.2) is 5.13 Å². The van der Waals surface area contributed by atoms with Crippen molar-refractivity contribution < 1.29 is 9.59 Å². The lowest BCUT2D eigenvalue weighted by Crippen LogP contribution is -2.37. The topological polar surface area (TPSA) is 101 Å². The Bertz CT molecular complexity index is 1240. The Morgan fingerprint density at radius 1 is 1.00 bits per heavy atom. The number of rotatable bonds is 7. The second-order valence-electron chi connectivity index (χ2n) is 7.58. The first-order valence-electron chi connectivity index (χ1n) is 10.3. The van der Waals surface area contributed by atoms with Gasteiger partial charge in [0.1, 0.15) is 6.54 Å². The predicted octanol–water partition coefficient (Wildman–Crippen LogP) is 4.38. The fourth-order valence-corrected chi connectivity index (χ4v) is 3.88. The van der Waals surface area contributed by atoms with Crippen molar-refractivity contribution in [2.45, 2.75) is 13.5 Å². The number of nitrogens with zero attached hydrogens (tertiary/aromatic N) is 3. The summed E-state index contributed by atoms with van der Waals surface area (Å²) in [7, 11) is 0. The summed E-state index contributed by atoms with van der Waals surface area (Å²) in [6.07, 6.45) is 3.13. The summed E-state index contributed by atoms with van der Waals surface area (Å²) in [5, 5.41) is 5.26. The van der Waals surface area contributed by atoms with Crippen LogP contribution in [0, 0.1) is 6.92 Å². The normalized spacial score (nSPS) is 10.6. The number of aromatic nitrogens is 2. The predicted molar refractivity (Wildman–Crippen MR) is 131 cm³/mol. The van der Waals surface area contributed by atoms with E-state index < -0.39 is 0 Å². The minimum absolute atomic E-state index is 0.0839. The molecule has 0 radical (unpaired) electrons. The maximum Gasteiger partial charge on any atom is 0.254 e. The third-order valence-corrected chi connectivity index (χ3v) is 5.70. The van der Waals surface area contributed by atoms with E-state index in [2.05, 4.69) is 15.3 Å². The number of thiazole rings is 1. The number of carbonyl (C=O) groups excluding carboxylic acids is 2. The van der Waals surface area contributed by atoms with Crippen molar-refractivity contribution in [2.24, 2.45) is 0 Å². The van der Waals surface area contributed by atoms with Gasteiger partial charge in [-0.3, -0.25) is 14.6 Å².